The number of carbonyl (C=O) groups excluding carboxylic acids is 2. The molecule has 1 amide bonds. The number of rotatable bonds is 6. The first kappa shape index (κ1) is 18.8. The maximum Gasteiger partial charge on any atom is 0.250 e. The molecule has 0 aliphatic heterocycles. The van der Waals surface area contributed by atoms with Gasteiger partial charge in [0.1, 0.15) is 5.15 Å². The lowest BCUT2D eigenvalue weighted by molar-refractivity contribution is -0.111. The predicted molar refractivity (Wildman–Crippen MR) is 104 cm³/mol. The summed E-state index contributed by atoms with van der Waals surface area (Å²) in [6.07, 6.45) is 7.31. The monoisotopic (exact) mass is 392 g/mol. The van der Waals surface area contributed by atoms with Crippen LogP contribution in [0.25, 0.3) is 6.08 Å². The molecule has 0 saturated carbocycles. The van der Waals surface area contributed by atoms with E-state index >= 15 is 0 Å². The highest BCUT2D eigenvalue weighted by molar-refractivity contribution is 7.17. The number of carbonyl (C=O) groups is 2. The van der Waals surface area contributed by atoms with Crippen molar-refractivity contribution in [1.29, 1.82) is 0 Å². The fourth-order valence-corrected chi connectivity index (χ4v) is 4.15. The second-order valence-corrected chi connectivity index (χ2v) is 7.62. The molecule has 1 aliphatic carbocycles. The van der Waals surface area contributed by atoms with Crippen LogP contribution in [0.15, 0.2) is 6.08 Å². The van der Waals surface area contributed by atoms with E-state index in [1.165, 1.54) is 17.4 Å². The standard InChI is InChI=1S/C18H21ClN4O2S/c1-3-4-10-23-17(19)12(11(2)22-23)8-9-15(25)21-18-20-13-6-5-7-14(24)16(13)26-18/h8-9H,3-7,10H2,1-2H3,(H,20,21,25). The fraction of sp³-hybridized carbons (Fsp3) is 0.444. The van der Waals surface area contributed by atoms with Gasteiger partial charge in [0.15, 0.2) is 10.9 Å². The van der Waals surface area contributed by atoms with Crippen LogP contribution in [0.3, 0.4) is 0 Å². The Labute approximate surface area is 161 Å². The number of halogens is 1. The molecule has 6 nitrogen and oxygen atoms in total. The Morgan fingerprint density at radius 3 is 2.96 bits per heavy atom. The number of aryl methyl sites for hydroxylation is 3. The van der Waals surface area contributed by atoms with Gasteiger partial charge >= 0.3 is 0 Å². The van der Waals surface area contributed by atoms with Gasteiger partial charge in [0, 0.05) is 24.6 Å². The van der Waals surface area contributed by atoms with Gasteiger partial charge in [0.2, 0.25) is 5.91 Å². The number of hydrogen-bond acceptors (Lipinski definition) is 5. The number of nitrogens with zero attached hydrogens (tertiary/aromatic N) is 3. The molecular weight excluding hydrogens is 372 g/mol. The van der Waals surface area contributed by atoms with Crippen LogP contribution in [-0.4, -0.2) is 26.5 Å². The van der Waals surface area contributed by atoms with Crippen molar-refractivity contribution in [2.24, 2.45) is 0 Å². The van der Waals surface area contributed by atoms with Crippen molar-refractivity contribution in [1.82, 2.24) is 14.8 Å². The van der Waals surface area contributed by atoms with Crippen LogP contribution in [0.2, 0.25) is 5.15 Å². The predicted octanol–water partition coefficient (Wildman–Crippen LogP) is 4.27. The Balaban J connectivity index is 1.69. The second kappa shape index (κ2) is 8.14. The van der Waals surface area contributed by atoms with Gasteiger partial charge in [0.25, 0.3) is 0 Å². The number of amides is 1. The molecule has 0 aromatic carbocycles. The zero-order valence-corrected chi connectivity index (χ0v) is 16.4. The number of unbranched alkanes of at least 4 members (excludes halogenated alkanes) is 1. The third-order valence-electron chi connectivity index (χ3n) is 4.23. The summed E-state index contributed by atoms with van der Waals surface area (Å²) in [7, 11) is 0. The largest absolute Gasteiger partial charge is 0.298 e. The molecule has 138 valence electrons. The molecule has 2 aromatic heterocycles. The zero-order chi connectivity index (χ0) is 18.7. The summed E-state index contributed by atoms with van der Waals surface area (Å²) in [6, 6.07) is 0. The molecule has 3 rings (SSSR count). The Morgan fingerprint density at radius 1 is 1.42 bits per heavy atom. The highest BCUT2D eigenvalue weighted by Crippen LogP contribution is 2.29. The maximum absolute atomic E-state index is 12.2. The number of aromatic nitrogens is 3. The van der Waals surface area contributed by atoms with E-state index < -0.39 is 0 Å². The number of fused-ring (bicyclic) bond motifs is 1. The van der Waals surface area contributed by atoms with Crippen molar-refractivity contribution in [2.75, 3.05) is 5.32 Å². The molecule has 1 N–H and O–H groups in total. The van der Waals surface area contributed by atoms with E-state index in [1.807, 2.05) is 6.92 Å². The van der Waals surface area contributed by atoms with E-state index in [1.54, 1.807) is 10.8 Å². The molecule has 0 bridgehead atoms. The third-order valence-corrected chi connectivity index (χ3v) is 5.69. The van der Waals surface area contributed by atoms with Crippen LogP contribution in [0.5, 0.6) is 0 Å². The van der Waals surface area contributed by atoms with Gasteiger partial charge in [0.05, 0.1) is 16.3 Å². The first-order chi connectivity index (χ1) is 12.5. The highest BCUT2D eigenvalue weighted by atomic mass is 35.5. The van der Waals surface area contributed by atoms with Gasteiger partial charge in [-0.1, -0.05) is 36.3 Å². The third kappa shape index (κ3) is 4.04. The highest BCUT2D eigenvalue weighted by Gasteiger charge is 2.22. The van der Waals surface area contributed by atoms with Gasteiger partial charge in [-0.05, 0) is 32.3 Å². The number of nitrogens with one attached hydrogen (secondary N) is 1. The van der Waals surface area contributed by atoms with Crippen LogP contribution in [0.1, 0.15) is 59.2 Å². The molecule has 0 spiro atoms. The van der Waals surface area contributed by atoms with E-state index in [-0.39, 0.29) is 11.7 Å². The maximum atomic E-state index is 12.2. The normalized spacial score (nSPS) is 14.0. The molecule has 0 fully saturated rings. The molecule has 1 aliphatic rings. The number of anilines is 1. The molecule has 0 atom stereocenters. The molecular formula is C18H21ClN4O2S. The Kier molecular flexibility index (Phi) is 5.88. The fourth-order valence-electron chi connectivity index (χ4n) is 2.84. The van der Waals surface area contributed by atoms with Crippen LogP contribution in [0.4, 0.5) is 5.13 Å². The van der Waals surface area contributed by atoms with Gasteiger partial charge in [-0.2, -0.15) is 5.10 Å². The lowest BCUT2D eigenvalue weighted by atomic mass is 10.0. The number of ketones is 1. The molecule has 26 heavy (non-hydrogen) atoms. The van der Waals surface area contributed by atoms with Crippen LogP contribution < -0.4 is 5.32 Å². The minimum atomic E-state index is -0.305. The summed E-state index contributed by atoms with van der Waals surface area (Å²) in [5.74, 6) is -0.193. The van der Waals surface area contributed by atoms with Crippen molar-refractivity contribution in [3.63, 3.8) is 0 Å². The van der Waals surface area contributed by atoms with E-state index in [2.05, 4.69) is 22.3 Å². The quantitative estimate of drug-likeness (QED) is 0.744. The first-order valence-electron chi connectivity index (χ1n) is 8.74. The molecule has 8 heteroatoms. The summed E-state index contributed by atoms with van der Waals surface area (Å²) < 4.78 is 1.76. The van der Waals surface area contributed by atoms with Gasteiger partial charge in [-0.25, -0.2) is 4.98 Å². The van der Waals surface area contributed by atoms with Crippen molar-refractivity contribution < 1.29 is 9.59 Å². The number of thiazole rings is 1. The van der Waals surface area contributed by atoms with Gasteiger partial charge in [-0.15, -0.1) is 0 Å². The first-order valence-corrected chi connectivity index (χ1v) is 9.94. The molecule has 0 saturated heterocycles. The van der Waals surface area contributed by atoms with Crippen LogP contribution in [-0.2, 0) is 17.8 Å². The van der Waals surface area contributed by atoms with E-state index in [9.17, 15) is 9.59 Å². The van der Waals surface area contributed by atoms with Crippen molar-refractivity contribution in [2.45, 2.75) is 52.5 Å². The summed E-state index contributed by atoms with van der Waals surface area (Å²) >= 11 is 7.61. The smallest absolute Gasteiger partial charge is 0.250 e. The van der Waals surface area contributed by atoms with Crippen molar-refractivity contribution in [3.05, 3.63) is 33.1 Å². The lowest BCUT2D eigenvalue weighted by Crippen LogP contribution is -2.08. The Bertz CT molecular complexity index is 869. The summed E-state index contributed by atoms with van der Waals surface area (Å²) in [4.78, 5) is 29.1. The van der Waals surface area contributed by atoms with Crippen molar-refractivity contribution in [3.8, 4) is 0 Å². The van der Waals surface area contributed by atoms with Crippen molar-refractivity contribution >= 4 is 45.8 Å². The average molecular weight is 393 g/mol. The summed E-state index contributed by atoms with van der Waals surface area (Å²) in [5.41, 5.74) is 2.32. The van der Waals surface area contributed by atoms with Gasteiger partial charge < -0.3 is 0 Å². The Morgan fingerprint density at radius 2 is 2.23 bits per heavy atom. The Hall–Kier alpha value is -1.99. The number of hydrogen-bond donors (Lipinski definition) is 1. The SMILES string of the molecule is CCCCn1nc(C)c(C=CC(=O)Nc2nc3c(s2)C(=O)CCC3)c1Cl. The summed E-state index contributed by atoms with van der Waals surface area (Å²) in [6.45, 7) is 4.74. The topological polar surface area (TPSA) is 76.9 Å². The summed E-state index contributed by atoms with van der Waals surface area (Å²) in [5, 5.41) is 8.14. The zero-order valence-electron chi connectivity index (χ0n) is 14.8. The molecule has 2 aromatic rings. The van der Waals surface area contributed by atoms with Crippen LogP contribution in [0, 0.1) is 6.92 Å². The van der Waals surface area contributed by atoms with Crippen LogP contribution >= 0.6 is 22.9 Å². The molecule has 0 unspecified atom stereocenters. The minimum Gasteiger partial charge on any atom is -0.298 e. The second-order valence-electron chi connectivity index (χ2n) is 6.26. The average Bonchev–Trinajstić information content (AvgIpc) is 3.13. The van der Waals surface area contributed by atoms with E-state index in [0.29, 0.717) is 21.6 Å². The number of Topliss-reactive ketones (excluding diaryl/α,β-unsaturated/α-hetero) is 1. The van der Waals surface area contributed by atoms with Gasteiger partial charge in [-0.3, -0.25) is 19.6 Å². The van der Waals surface area contributed by atoms with E-state index in [0.717, 1.165) is 49.2 Å². The van der Waals surface area contributed by atoms with E-state index in [4.69, 9.17) is 11.6 Å². The molecule has 2 heterocycles. The molecule has 0 radical (unpaired) electrons. The lowest BCUT2D eigenvalue weighted by Gasteiger charge is -2.05. The minimum absolute atomic E-state index is 0.113.